The molecule has 1 aliphatic rings. The highest BCUT2D eigenvalue weighted by atomic mass is 16.1. The lowest BCUT2D eigenvalue weighted by molar-refractivity contribution is -0.115. The number of hydrogen-bond acceptors (Lipinski definition) is 2. The van der Waals surface area contributed by atoms with E-state index in [4.69, 9.17) is 0 Å². The summed E-state index contributed by atoms with van der Waals surface area (Å²) in [6.07, 6.45) is 0.383. The monoisotopic (exact) mass is 203 g/mol. The second-order valence-corrected chi connectivity index (χ2v) is 4.12. The molecule has 78 valence electrons. The fourth-order valence-corrected chi connectivity index (χ4v) is 1.72. The molecule has 3 heteroatoms. The summed E-state index contributed by atoms with van der Waals surface area (Å²) in [7, 11) is 0. The van der Waals surface area contributed by atoms with Crippen LogP contribution < -0.4 is 5.32 Å². The predicted octanol–water partition coefficient (Wildman–Crippen LogP) is 2.02. The van der Waals surface area contributed by atoms with Gasteiger partial charge in [-0.15, -0.1) is 0 Å². The van der Waals surface area contributed by atoms with E-state index in [1.807, 2.05) is 19.9 Å². The second kappa shape index (κ2) is 3.50. The molecule has 1 aromatic carbocycles. The molecule has 1 N–H and O–H groups in total. The van der Waals surface area contributed by atoms with Gasteiger partial charge in [0.05, 0.1) is 6.42 Å². The number of ketones is 1. The molecule has 15 heavy (non-hydrogen) atoms. The van der Waals surface area contributed by atoms with Gasteiger partial charge >= 0.3 is 0 Å². The Bertz CT molecular complexity index is 435. The van der Waals surface area contributed by atoms with Gasteiger partial charge in [-0.3, -0.25) is 9.59 Å². The van der Waals surface area contributed by atoms with Crippen LogP contribution in [0.5, 0.6) is 0 Å². The molecule has 1 heterocycles. The summed E-state index contributed by atoms with van der Waals surface area (Å²) in [6.45, 7) is 3.75. The normalized spacial score (nSPS) is 13.9. The lowest BCUT2D eigenvalue weighted by atomic mass is 9.98. The number of Topliss-reactive ketones (excluding diaryl/α,β-unsaturated/α-hetero) is 1. The lowest BCUT2D eigenvalue weighted by Crippen LogP contribution is -2.07. The smallest absolute Gasteiger partial charge is 0.228 e. The molecule has 0 saturated carbocycles. The Hall–Kier alpha value is -1.64. The van der Waals surface area contributed by atoms with E-state index in [0.29, 0.717) is 12.0 Å². The van der Waals surface area contributed by atoms with Crippen molar-refractivity contribution in [3.63, 3.8) is 0 Å². The number of benzene rings is 1. The van der Waals surface area contributed by atoms with Gasteiger partial charge in [-0.2, -0.15) is 0 Å². The number of anilines is 1. The van der Waals surface area contributed by atoms with Crippen molar-refractivity contribution in [3.8, 4) is 0 Å². The van der Waals surface area contributed by atoms with Crippen LogP contribution in [0, 0.1) is 5.92 Å². The zero-order valence-corrected chi connectivity index (χ0v) is 8.83. The Labute approximate surface area is 88.5 Å². The Morgan fingerprint density at radius 1 is 1.40 bits per heavy atom. The number of carbonyl (C=O) groups is 2. The summed E-state index contributed by atoms with van der Waals surface area (Å²) in [4.78, 5) is 22.8. The molecule has 1 amide bonds. The topological polar surface area (TPSA) is 46.2 Å². The predicted molar refractivity (Wildman–Crippen MR) is 57.9 cm³/mol. The summed E-state index contributed by atoms with van der Waals surface area (Å²) in [5.74, 6) is 0.115. The third-order valence-electron chi connectivity index (χ3n) is 2.54. The fraction of sp³-hybridized carbons (Fsp3) is 0.333. The quantitative estimate of drug-likeness (QED) is 0.747. The molecule has 0 aromatic heterocycles. The van der Waals surface area contributed by atoms with Gasteiger partial charge < -0.3 is 5.32 Å². The average molecular weight is 203 g/mol. The minimum Gasteiger partial charge on any atom is -0.326 e. The Balaban J connectivity index is 2.35. The molecule has 0 saturated heterocycles. The fourth-order valence-electron chi connectivity index (χ4n) is 1.72. The van der Waals surface area contributed by atoms with Crippen LogP contribution in [0.4, 0.5) is 5.69 Å². The Kier molecular flexibility index (Phi) is 2.31. The van der Waals surface area contributed by atoms with Gasteiger partial charge in [-0.05, 0) is 23.8 Å². The standard InChI is InChI=1S/C12H13NO2/c1-7(2)12(15)8-3-4-10-9(5-8)6-11(14)13-10/h3-5,7H,6H2,1-2H3,(H,13,14). The van der Waals surface area contributed by atoms with Crippen LogP contribution in [0.3, 0.4) is 0 Å². The molecule has 2 rings (SSSR count). The number of hydrogen-bond donors (Lipinski definition) is 1. The van der Waals surface area contributed by atoms with Crippen molar-refractivity contribution in [2.45, 2.75) is 20.3 Å². The van der Waals surface area contributed by atoms with Gasteiger partial charge in [0.25, 0.3) is 0 Å². The van der Waals surface area contributed by atoms with E-state index in [1.54, 1.807) is 12.1 Å². The largest absolute Gasteiger partial charge is 0.326 e. The van der Waals surface area contributed by atoms with Crippen LogP contribution in [0.25, 0.3) is 0 Å². The molecule has 0 radical (unpaired) electrons. The maximum atomic E-state index is 11.7. The molecule has 1 aromatic rings. The van der Waals surface area contributed by atoms with E-state index in [0.717, 1.165) is 11.3 Å². The SMILES string of the molecule is CC(C)C(=O)c1ccc2c(c1)CC(=O)N2. The summed E-state index contributed by atoms with van der Waals surface area (Å²) in [6, 6.07) is 5.39. The third kappa shape index (κ3) is 1.77. The Morgan fingerprint density at radius 2 is 2.13 bits per heavy atom. The molecule has 0 atom stereocenters. The van der Waals surface area contributed by atoms with E-state index in [1.165, 1.54) is 0 Å². The van der Waals surface area contributed by atoms with Crippen LogP contribution in [0.2, 0.25) is 0 Å². The van der Waals surface area contributed by atoms with E-state index in [9.17, 15) is 9.59 Å². The van der Waals surface area contributed by atoms with Crippen LogP contribution in [0.1, 0.15) is 29.8 Å². The van der Waals surface area contributed by atoms with Crippen LogP contribution in [0.15, 0.2) is 18.2 Å². The van der Waals surface area contributed by atoms with Gasteiger partial charge in [0.2, 0.25) is 5.91 Å². The average Bonchev–Trinajstić information content (AvgIpc) is 2.55. The molecular weight excluding hydrogens is 190 g/mol. The zero-order valence-electron chi connectivity index (χ0n) is 8.83. The third-order valence-corrected chi connectivity index (χ3v) is 2.54. The van der Waals surface area contributed by atoms with E-state index in [-0.39, 0.29) is 17.6 Å². The van der Waals surface area contributed by atoms with Crippen molar-refractivity contribution in [2.75, 3.05) is 5.32 Å². The molecule has 0 bridgehead atoms. The Morgan fingerprint density at radius 3 is 2.80 bits per heavy atom. The van der Waals surface area contributed by atoms with E-state index >= 15 is 0 Å². The molecule has 0 spiro atoms. The van der Waals surface area contributed by atoms with Gasteiger partial charge in [0.1, 0.15) is 0 Å². The zero-order chi connectivity index (χ0) is 11.0. The van der Waals surface area contributed by atoms with Crippen molar-refractivity contribution in [1.29, 1.82) is 0 Å². The van der Waals surface area contributed by atoms with Crippen molar-refractivity contribution >= 4 is 17.4 Å². The number of nitrogens with one attached hydrogen (secondary N) is 1. The first kappa shape index (κ1) is 9.90. The van der Waals surface area contributed by atoms with E-state index in [2.05, 4.69) is 5.32 Å². The molecule has 0 unspecified atom stereocenters. The lowest BCUT2D eigenvalue weighted by Gasteiger charge is -2.05. The molecular formula is C12H13NO2. The summed E-state index contributed by atoms with van der Waals surface area (Å²) in [5.41, 5.74) is 2.45. The summed E-state index contributed by atoms with van der Waals surface area (Å²) in [5, 5.41) is 2.74. The van der Waals surface area contributed by atoms with Crippen molar-refractivity contribution in [2.24, 2.45) is 5.92 Å². The van der Waals surface area contributed by atoms with Crippen LogP contribution in [-0.4, -0.2) is 11.7 Å². The first-order chi connectivity index (χ1) is 7.08. The first-order valence-electron chi connectivity index (χ1n) is 5.05. The van der Waals surface area contributed by atoms with Gasteiger partial charge in [-0.25, -0.2) is 0 Å². The minimum atomic E-state index is -0.00638. The highest BCUT2D eigenvalue weighted by Gasteiger charge is 2.19. The highest BCUT2D eigenvalue weighted by Crippen LogP contribution is 2.24. The van der Waals surface area contributed by atoms with Crippen LogP contribution in [-0.2, 0) is 11.2 Å². The minimum absolute atomic E-state index is 0.000791. The molecule has 3 nitrogen and oxygen atoms in total. The number of carbonyl (C=O) groups excluding carboxylic acids is 2. The maximum Gasteiger partial charge on any atom is 0.228 e. The van der Waals surface area contributed by atoms with Gasteiger partial charge in [0.15, 0.2) is 5.78 Å². The van der Waals surface area contributed by atoms with Gasteiger partial charge in [-0.1, -0.05) is 13.8 Å². The number of fused-ring (bicyclic) bond motifs is 1. The van der Waals surface area contributed by atoms with Gasteiger partial charge in [0, 0.05) is 17.2 Å². The summed E-state index contributed by atoms with van der Waals surface area (Å²) >= 11 is 0. The van der Waals surface area contributed by atoms with Crippen molar-refractivity contribution < 1.29 is 9.59 Å². The van der Waals surface area contributed by atoms with Crippen molar-refractivity contribution in [3.05, 3.63) is 29.3 Å². The molecule has 1 aliphatic heterocycles. The van der Waals surface area contributed by atoms with Crippen molar-refractivity contribution in [1.82, 2.24) is 0 Å². The second-order valence-electron chi connectivity index (χ2n) is 4.12. The molecule has 0 aliphatic carbocycles. The maximum absolute atomic E-state index is 11.7. The molecule has 0 fully saturated rings. The number of amides is 1. The van der Waals surface area contributed by atoms with Crippen LogP contribution >= 0.6 is 0 Å². The van der Waals surface area contributed by atoms with E-state index < -0.39 is 0 Å². The first-order valence-corrected chi connectivity index (χ1v) is 5.05. The number of rotatable bonds is 2. The summed E-state index contributed by atoms with van der Waals surface area (Å²) < 4.78 is 0. The highest BCUT2D eigenvalue weighted by molar-refractivity contribution is 6.02.